The van der Waals surface area contributed by atoms with E-state index in [0.717, 1.165) is 0 Å². The molecule has 6 nitrogen and oxygen atoms in total. The first-order chi connectivity index (χ1) is 7.49. The fraction of sp³-hybridized carbons (Fsp3) is 0.800. The second-order valence-electron chi connectivity index (χ2n) is 4.10. The van der Waals surface area contributed by atoms with E-state index in [1.807, 2.05) is 0 Å². The largest absolute Gasteiger partial charge is 0.456 e. The van der Waals surface area contributed by atoms with E-state index in [1.54, 1.807) is 6.92 Å². The molecule has 0 aliphatic carbocycles. The van der Waals surface area contributed by atoms with Crippen LogP contribution in [0.2, 0.25) is 0 Å². The third kappa shape index (κ3) is 1.90. The minimum absolute atomic E-state index is 0.0365. The van der Waals surface area contributed by atoms with E-state index in [9.17, 15) is 14.7 Å². The van der Waals surface area contributed by atoms with Crippen LogP contribution in [0.25, 0.3) is 0 Å². The van der Waals surface area contributed by atoms with Crippen molar-refractivity contribution >= 4 is 11.9 Å². The van der Waals surface area contributed by atoms with E-state index >= 15 is 0 Å². The van der Waals surface area contributed by atoms with Gasteiger partial charge in [-0.05, 0) is 6.92 Å². The SMILES string of the molecule is CC(=O)OC1C(C)OC2CC(=O)OC1C2O. The molecule has 2 fully saturated rings. The third-order valence-electron chi connectivity index (χ3n) is 2.83. The summed E-state index contributed by atoms with van der Waals surface area (Å²) in [5.74, 6) is -0.933. The third-order valence-corrected chi connectivity index (χ3v) is 2.83. The Morgan fingerprint density at radius 2 is 2.25 bits per heavy atom. The van der Waals surface area contributed by atoms with Crippen LogP contribution in [0.3, 0.4) is 0 Å². The van der Waals surface area contributed by atoms with E-state index in [1.165, 1.54) is 6.92 Å². The Labute approximate surface area is 92.5 Å². The minimum Gasteiger partial charge on any atom is -0.456 e. The van der Waals surface area contributed by atoms with Crippen LogP contribution in [0.4, 0.5) is 0 Å². The van der Waals surface area contributed by atoms with Crippen molar-refractivity contribution in [2.75, 3.05) is 0 Å². The van der Waals surface area contributed by atoms with Crippen molar-refractivity contribution in [2.24, 2.45) is 0 Å². The number of ether oxygens (including phenoxy) is 3. The van der Waals surface area contributed by atoms with Gasteiger partial charge >= 0.3 is 11.9 Å². The van der Waals surface area contributed by atoms with Gasteiger partial charge in [-0.3, -0.25) is 9.59 Å². The lowest BCUT2D eigenvalue weighted by Crippen LogP contribution is -2.62. The molecule has 2 bridgehead atoms. The molecule has 16 heavy (non-hydrogen) atoms. The first-order valence-corrected chi connectivity index (χ1v) is 5.19. The van der Waals surface area contributed by atoms with E-state index in [2.05, 4.69) is 0 Å². The Morgan fingerprint density at radius 3 is 2.88 bits per heavy atom. The molecule has 1 N–H and O–H groups in total. The molecule has 0 aromatic heterocycles. The van der Waals surface area contributed by atoms with Gasteiger partial charge in [0, 0.05) is 6.92 Å². The number of aliphatic hydroxyl groups is 1. The lowest BCUT2D eigenvalue weighted by Gasteiger charge is -2.45. The van der Waals surface area contributed by atoms with Crippen LogP contribution in [0.15, 0.2) is 0 Å². The summed E-state index contributed by atoms with van der Waals surface area (Å²) in [5, 5.41) is 9.81. The molecule has 5 atom stereocenters. The highest BCUT2D eigenvalue weighted by atomic mass is 16.6. The molecular formula is C10H14O6. The number of esters is 2. The second-order valence-corrected chi connectivity index (χ2v) is 4.10. The van der Waals surface area contributed by atoms with Gasteiger partial charge in [-0.15, -0.1) is 0 Å². The van der Waals surface area contributed by atoms with Gasteiger partial charge < -0.3 is 19.3 Å². The van der Waals surface area contributed by atoms with Gasteiger partial charge in [0.15, 0.2) is 12.2 Å². The maximum atomic E-state index is 11.2. The normalized spacial score (nSPS) is 42.4. The predicted molar refractivity (Wildman–Crippen MR) is 50.4 cm³/mol. The molecule has 6 heteroatoms. The van der Waals surface area contributed by atoms with Crippen LogP contribution >= 0.6 is 0 Å². The molecule has 0 aromatic carbocycles. The summed E-state index contributed by atoms with van der Waals surface area (Å²) in [7, 11) is 0. The Bertz CT molecular complexity index is 312. The number of carbonyl (C=O) groups is 2. The maximum Gasteiger partial charge on any atom is 0.309 e. The van der Waals surface area contributed by atoms with Crippen molar-refractivity contribution in [3.05, 3.63) is 0 Å². The monoisotopic (exact) mass is 230 g/mol. The van der Waals surface area contributed by atoms with Gasteiger partial charge in [0.2, 0.25) is 0 Å². The highest BCUT2D eigenvalue weighted by Crippen LogP contribution is 2.31. The van der Waals surface area contributed by atoms with Gasteiger partial charge in [-0.1, -0.05) is 0 Å². The maximum absolute atomic E-state index is 11.2. The summed E-state index contributed by atoms with van der Waals surface area (Å²) >= 11 is 0. The molecule has 2 heterocycles. The molecule has 0 spiro atoms. The molecule has 90 valence electrons. The highest BCUT2D eigenvalue weighted by Gasteiger charge is 2.51. The van der Waals surface area contributed by atoms with Crippen LogP contribution in [0.1, 0.15) is 20.3 Å². The van der Waals surface area contributed by atoms with Crippen molar-refractivity contribution in [1.82, 2.24) is 0 Å². The molecule has 2 rings (SSSR count). The molecule has 0 amide bonds. The zero-order valence-electron chi connectivity index (χ0n) is 9.08. The Balaban J connectivity index is 2.17. The van der Waals surface area contributed by atoms with E-state index < -0.39 is 42.5 Å². The van der Waals surface area contributed by atoms with Gasteiger partial charge in [-0.2, -0.15) is 0 Å². The smallest absolute Gasteiger partial charge is 0.309 e. The van der Waals surface area contributed by atoms with Gasteiger partial charge in [0.1, 0.15) is 6.10 Å². The van der Waals surface area contributed by atoms with Gasteiger partial charge in [0.05, 0.1) is 18.6 Å². The summed E-state index contributed by atoms with van der Waals surface area (Å²) in [6, 6.07) is 0. The quantitative estimate of drug-likeness (QED) is 0.605. The number of fused-ring (bicyclic) bond motifs is 2. The molecule has 2 aliphatic heterocycles. The summed E-state index contributed by atoms with van der Waals surface area (Å²) in [5.41, 5.74) is 0. The lowest BCUT2D eigenvalue weighted by molar-refractivity contribution is -0.256. The summed E-state index contributed by atoms with van der Waals surface area (Å²) in [6.07, 6.45) is -3.41. The van der Waals surface area contributed by atoms with Crippen molar-refractivity contribution in [3.8, 4) is 0 Å². The number of rotatable bonds is 1. The van der Waals surface area contributed by atoms with Crippen molar-refractivity contribution in [3.63, 3.8) is 0 Å². The molecule has 2 saturated heterocycles. The molecular weight excluding hydrogens is 216 g/mol. The fourth-order valence-corrected chi connectivity index (χ4v) is 2.13. The second kappa shape index (κ2) is 4.03. The zero-order chi connectivity index (χ0) is 11.9. The van der Waals surface area contributed by atoms with E-state index in [4.69, 9.17) is 14.2 Å². The predicted octanol–water partition coefficient (Wildman–Crippen LogP) is -0.618. The number of aliphatic hydroxyl groups excluding tert-OH is 1. The van der Waals surface area contributed by atoms with Crippen LogP contribution < -0.4 is 0 Å². The average Bonchev–Trinajstić information content (AvgIpc) is 2.17. The molecule has 0 saturated carbocycles. The van der Waals surface area contributed by atoms with Crippen LogP contribution in [-0.4, -0.2) is 47.6 Å². The molecule has 0 radical (unpaired) electrons. The number of carbonyl (C=O) groups excluding carboxylic acids is 2. The van der Waals surface area contributed by atoms with Crippen molar-refractivity contribution in [1.29, 1.82) is 0 Å². The van der Waals surface area contributed by atoms with E-state index in [-0.39, 0.29) is 6.42 Å². The summed E-state index contributed by atoms with van der Waals surface area (Å²) < 4.78 is 15.4. The Hall–Kier alpha value is -1.14. The van der Waals surface area contributed by atoms with Crippen LogP contribution in [0.5, 0.6) is 0 Å². The molecule has 0 aromatic rings. The van der Waals surface area contributed by atoms with Crippen LogP contribution in [-0.2, 0) is 23.8 Å². The van der Waals surface area contributed by atoms with Gasteiger partial charge in [0.25, 0.3) is 0 Å². The highest BCUT2D eigenvalue weighted by molar-refractivity contribution is 5.72. The average molecular weight is 230 g/mol. The first kappa shape index (κ1) is 11.3. The summed E-state index contributed by atoms with van der Waals surface area (Å²) in [4.78, 5) is 22.1. The molecule has 5 unspecified atom stereocenters. The van der Waals surface area contributed by atoms with E-state index in [0.29, 0.717) is 0 Å². The standard InChI is InChI=1S/C10H14O6/c1-4-9(15-5(2)11)10-8(13)6(14-4)3-7(12)16-10/h4,6,8-10,13H,3H2,1-2H3. The lowest BCUT2D eigenvalue weighted by atomic mass is 9.91. The van der Waals surface area contributed by atoms with Crippen molar-refractivity contribution in [2.45, 2.75) is 50.8 Å². The van der Waals surface area contributed by atoms with Crippen LogP contribution in [0, 0.1) is 0 Å². The fourth-order valence-electron chi connectivity index (χ4n) is 2.13. The number of hydrogen-bond acceptors (Lipinski definition) is 6. The molecule has 2 aliphatic rings. The van der Waals surface area contributed by atoms with Crippen molar-refractivity contribution < 1.29 is 28.9 Å². The first-order valence-electron chi connectivity index (χ1n) is 5.19. The Kier molecular flexibility index (Phi) is 2.86. The minimum atomic E-state index is -0.932. The Morgan fingerprint density at radius 1 is 1.56 bits per heavy atom. The topological polar surface area (TPSA) is 82.1 Å². The zero-order valence-corrected chi connectivity index (χ0v) is 9.08. The summed E-state index contributed by atoms with van der Waals surface area (Å²) in [6.45, 7) is 2.98. The number of hydrogen-bond donors (Lipinski definition) is 1. The van der Waals surface area contributed by atoms with Gasteiger partial charge in [-0.25, -0.2) is 0 Å².